The molecule has 5 amide bonds. The van der Waals surface area contributed by atoms with Crippen LogP contribution in [-0.2, 0) is 20.9 Å². The monoisotopic (exact) mass is 577 g/mol. The minimum atomic E-state index is -1.12. The lowest BCUT2D eigenvalue weighted by Crippen LogP contribution is -2.58. The van der Waals surface area contributed by atoms with E-state index < -0.39 is 24.6 Å². The van der Waals surface area contributed by atoms with Crippen molar-refractivity contribution in [3.63, 3.8) is 0 Å². The summed E-state index contributed by atoms with van der Waals surface area (Å²) in [5.74, 6) is -1.43. The van der Waals surface area contributed by atoms with Crippen LogP contribution < -0.4 is 20.7 Å². The molecule has 1 saturated heterocycles. The molecule has 0 radical (unpaired) electrons. The van der Waals surface area contributed by atoms with E-state index in [0.29, 0.717) is 24.5 Å². The van der Waals surface area contributed by atoms with Gasteiger partial charge in [0.1, 0.15) is 11.6 Å². The van der Waals surface area contributed by atoms with Crippen LogP contribution in [0.25, 0.3) is 0 Å². The first kappa shape index (κ1) is 30.8. The summed E-state index contributed by atoms with van der Waals surface area (Å²) in [4.78, 5) is 54.9. The van der Waals surface area contributed by atoms with Crippen molar-refractivity contribution in [2.75, 3.05) is 37.7 Å². The largest absolute Gasteiger partial charge is 0.482 e. The number of imide groups is 2. The molecule has 0 aromatic heterocycles. The van der Waals surface area contributed by atoms with Crippen molar-refractivity contribution in [3.05, 3.63) is 58.9 Å². The summed E-state index contributed by atoms with van der Waals surface area (Å²) in [5, 5.41) is 2.12. The van der Waals surface area contributed by atoms with Gasteiger partial charge >= 0.3 is 12.1 Å². The van der Waals surface area contributed by atoms with E-state index in [9.17, 15) is 23.6 Å². The van der Waals surface area contributed by atoms with Crippen LogP contribution in [0.1, 0.15) is 26.3 Å². The van der Waals surface area contributed by atoms with Gasteiger partial charge in [0.2, 0.25) is 5.91 Å². The van der Waals surface area contributed by atoms with E-state index in [1.807, 2.05) is 19.2 Å². The molecule has 3 N–H and O–H groups in total. The van der Waals surface area contributed by atoms with E-state index in [-0.39, 0.29) is 53.5 Å². The molecule has 3 rings (SSSR count). The van der Waals surface area contributed by atoms with Gasteiger partial charge in [0, 0.05) is 36.7 Å². The summed E-state index contributed by atoms with van der Waals surface area (Å²) in [6.07, 6.45) is -1.05. The second kappa shape index (κ2) is 14.1. The Morgan fingerprint density at radius 2 is 1.80 bits per heavy atom. The Morgan fingerprint density at radius 1 is 1.10 bits per heavy atom. The molecule has 11 nitrogen and oxygen atoms in total. The predicted octanol–water partition coefficient (Wildman–Crippen LogP) is 3.14. The Morgan fingerprint density at radius 3 is 2.45 bits per heavy atom. The van der Waals surface area contributed by atoms with Crippen molar-refractivity contribution < 1.29 is 33.0 Å². The molecule has 1 aliphatic heterocycles. The van der Waals surface area contributed by atoms with E-state index in [0.717, 1.165) is 5.56 Å². The molecule has 1 fully saturated rings. The summed E-state index contributed by atoms with van der Waals surface area (Å²) < 4.78 is 23.7. The van der Waals surface area contributed by atoms with Crippen molar-refractivity contribution in [2.24, 2.45) is 5.73 Å². The van der Waals surface area contributed by atoms with Gasteiger partial charge in [-0.05, 0) is 56.7 Å². The maximum absolute atomic E-state index is 13.3. The number of rotatable bonds is 8. The smallest absolute Gasteiger partial charge is 0.415 e. The lowest BCUT2D eigenvalue weighted by molar-refractivity contribution is -0.139. The fourth-order valence-corrected chi connectivity index (χ4v) is 4.53. The highest BCUT2D eigenvalue weighted by atomic mass is 35.5. The molecular weight excluding hydrogens is 545 g/mol. The zero-order chi connectivity index (χ0) is 29.4. The highest BCUT2D eigenvalue weighted by molar-refractivity contribution is 6.31. The number of carbonyl (C=O) groups is 4. The summed E-state index contributed by atoms with van der Waals surface area (Å²) >= 11 is 6.12. The number of nitrogens with two attached hydrogens (primary N) is 1. The summed E-state index contributed by atoms with van der Waals surface area (Å²) in [5.41, 5.74) is 6.38. The second-order valence-corrected chi connectivity index (χ2v) is 9.72. The minimum absolute atomic E-state index is 0.00852. The quantitative estimate of drug-likeness (QED) is 0.489. The van der Waals surface area contributed by atoms with Crippen LogP contribution in [0.15, 0.2) is 42.5 Å². The lowest BCUT2D eigenvalue weighted by Gasteiger charge is -2.44. The van der Waals surface area contributed by atoms with Crippen molar-refractivity contribution in [1.29, 1.82) is 0 Å². The average Bonchev–Trinajstić information content (AvgIpc) is 2.91. The number of nitrogens with one attached hydrogen (secondary N) is 1. The van der Waals surface area contributed by atoms with Gasteiger partial charge in [-0.25, -0.2) is 24.2 Å². The Labute approximate surface area is 236 Å². The van der Waals surface area contributed by atoms with Crippen LogP contribution >= 0.6 is 11.6 Å². The third-order valence-corrected chi connectivity index (χ3v) is 6.59. The van der Waals surface area contributed by atoms with Crippen LogP contribution in [0.4, 0.5) is 19.7 Å². The van der Waals surface area contributed by atoms with Crippen LogP contribution in [0.2, 0.25) is 5.02 Å². The summed E-state index contributed by atoms with van der Waals surface area (Å²) in [6, 6.07) is 9.28. The third kappa shape index (κ3) is 7.90. The Kier molecular flexibility index (Phi) is 10.8. The first-order valence-electron chi connectivity index (χ1n) is 12.7. The number of alkyl carbamates (subject to hydrolysis) is 1. The zero-order valence-corrected chi connectivity index (χ0v) is 23.3. The van der Waals surface area contributed by atoms with E-state index in [2.05, 4.69) is 4.90 Å². The normalized spacial score (nSPS) is 17.2. The highest BCUT2D eigenvalue weighted by Gasteiger charge is 2.33. The van der Waals surface area contributed by atoms with Gasteiger partial charge in [0.05, 0.1) is 18.8 Å². The van der Waals surface area contributed by atoms with Crippen LogP contribution in [0, 0.1) is 5.82 Å². The molecule has 0 bridgehead atoms. The van der Waals surface area contributed by atoms with Gasteiger partial charge in [-0.1, -0.05) is 23.7 Å². The Hall–Kier alpha value is -3.74. The number of nitrogens with zero attached hydrogens (tertiary/aromatic N) is 3. The molecule has 0 spiro atoms. The molecule has 2 aromatic carbocycles. The zero-order valence-electron chi connectivity index (χ0n) is 22.6. The molecular formula is C27H33ClFN5O6. The van der Waals surface area contributed by atoms with Crippen LogP contribution in [0.5, 0.6) is 5.75 Å². The fourth-order valence-electron chi connectivity index (χ4n) is 4.36. The van der Waals surface area contributed by atoms with Gasteiger partial charge in [-0.2, -0.15) is 0 Å². The standard InChI is InChI=1S/C27H33ClFN5O6/c1-4-39-27(38)31-26(37)34(24(35)12-30)22-11-20(28)7-10-23(22)40-16-25(36)33-14-17(2)32(13-18(33)3)15-19-5-8-21(29)9-6-19/h5-11,17-18H,4,12-16,30H2,1-3H3,(H,31,37,38)/t17-,18+/m0/s1. The average molecular weight is 578 g/mol. The van der Waals surface area contributed by atoms with Gasteiger partial charge in [0.15, 0.2) is 6.61 Å². The van der Waals surface area contributed by atoms with E-state index in [1.54, 1.807) is 24.0 Å². The maximum Gasteiger partial charge on any atom is 0.415 e. The Bertz CT molecular complexity index is 1230. The van der Waals surface area contributed by atoms with Crippen molar-refractivity contribution in [2.45, 2.75) is 39.4 Å². The number of carbonyl (C=O) groups excluding carboxylic acids is 4. The minimum Gasteiger partial charge on any atom is -0.482 e. The van der Waals surface area contributed by atoms with E-state index in [4.69, 9.17) is 26.8 Å². The first-order valence-corrected chi connectivity index (χ1v) is 13.1. The van der Waals surface area contributed by atoms with Crippen LogP contribution in [-0.4, -0.2) is 78.7 Å². The molecule has 0 saturated carbocycles. The molecule has 0 aliphatic carbocycles. The van der Waals surface area contributed by atoms with E-state index >= 15 is 0 Å². The number of hydrogen-bond donors (Lipinski definition) is 2. The van der Waals surface area contributed by atoms with Gasteiger partial charge in [-0.15, -0.1) is 0 Å². The summed E-state index contributed by atoms with van der Waals surface area (Å²) in [7, 11) is 0. The molecule has 40 heavy (non-hydrogen) atoms. The third-order valence-electron chi connectivity index (χ3n) is 6.36. The number of halogens is 2. The second-order valence-electron chi connectivity index (χ2n) is 9.28. The predicted molar refractivity (Wildman–Crippen MR) is 146 cm³/mol. The van der Waals surface area contributed by atoms with Gasteiger partial charge < -0.3 is 20.1 Å². The first-order chi connectivity index (χ1) is 19.0. The highest BCUT2D eigenvalue weighted by Crippen LogP contribution is 2.32. The number of benzene rings is 2. The van der Waals surface area contributed by atoms with Crippen molar-refractivity contribution in [3.8, 4) is 5.75 Å². The lowest BCUT2D eigenvalue weighted by atomic mass is 10.1. The number of amides is 5. The maximum atomic E-state index is 13.3. The number of urea groups is 1. The number of ether oxygens (including phenoxy) is 2. The van der Waals surface area contributed by atoms with Gasteiger partial charge in [-0.3, -0.25) is 14.5 Å². The molecule has 2 atom stereocenters. The molecule has 216 valence electrons. The number of piperazine rings is 1. The number of hydrogen-bond acceptors (Lipinski definition) is 8. The van der Waals surface area contributed by atoms with Crippen LogP contribution in [0.3, 0.4) is 0 Å². The van der Waals surface area contributed by atoms with Crippen molar-refractivity contribution >= 4 is 41.2 Å². The topological polar surface area (TPSA) is 135 Å². The molecule has 13 heteroatoms. The SMILES string of the molecule is CCOC(=O)NC(=O)N(C(=O)CN)c1cc(Cl)ccc1OCC(=O)N1C[C@H](C)N(Cc2ccc(F)cc2)C[C@H]1C. The molecule has 0 unspecified atom stereocenters. The molecule has 1 aliphatic rings. The molecule has 2 aromatic rings. The fraction of sp³-hybridized carbons (Fsp3) is 0.407. The molecule has 1 heterocycles. The van der Waals surface area contributed by atoms with Crippen molar-refractivity contribution in [1.82, 2.24) is 15.1 Å². The van der Waals surface area contributed by atoms with Gasteiger partial charge in [0.25, 0.3) is 5.91 Å². The number of anilines is 1. The summed E-state index contributed by atoms with van der Waals surface area (Å²) in [6.45, 7) is 6.22. The van der Waals surface area contributed by atoms with E-state index in [1.165, 1.54) is 30.3 Å². The Balaban J connectivity index is 1.71.